The van der Waals surface area contributed by atoms with Crippen LogP contribution >= 0.6 is 11.6 Å². The molecule has 1 aliphatic carbocycles. The average Bonchev–Trinajstić information content (AvgIpc) is 3.25. The summed E-state index contributed by atoms with van der Waals surface area (Å²) >= 11 is 6.01. The van der Waals surface area contributed by atoms with Gasteiger partial charge in [0.15, 0.2) is 0 Å². The van der Waals surface area contributed by atoms with Gasteiger partial charge in [-0.1, -0.05) is 53.6 Å². The van der Waals surface area contributed by atoms with Crippen molar-refractivity contribution >= 4 is 33.0 Å². The summed E-state index contributed by atoms with van der Waals surface area (Å²) in [6.07, 6.45) is 5.40. The summed E-state index contributed by atoms with van der Waals surface area (Å²) in [5.41, 5.74) is 5.84. The summed E-state index contributed by atoms with van der Waals surface area (Å²) < 4.78 is 29.0. The normalized spacial score (nSPS) is 21.5. The number of nitrogens with one attached hydrogen (secondary N) is 2. The van der Waals surface area contributed by atoms with Crippen molar-refractivity contribution in [2.45, 2.75) is 37.1 Å². The monoisotopic (exact) mass is 464 g/mol. The number of benzene rings is 3. The lowest BCUT2D eigenvalue weighted by molar-refractivity contribution is 0.425. The van der Waals surface area contributed by atoms with Crippen molar-refractivity contribution in [2.24, 2.45) is 5.92 Å². The molecule has 2 aliphatic rings. The number of hydrogen-bond donors (Lipinski definition) is 2. The van der Waals surface area contributed by atoms with Gasteiger partial charge in [-0.3, -0.25) is 4.72 Å². The quantitative estimate of drug-likeness (QED) is 0.428. The molecule has 0 radical (unpaired) electrons. The molecule has 164 valence electrons. The van der Waals surface area contributed by atoms with Crippen LogP contribution in [0.25, 0.3) is 0 Å². The van der Waals surface area contributed by atoms with Crippen molar-refractivity contribution in [3.63, 3.8) is 0 Å². The molecule has 32 heavy (non-hydrogen) atoms. The first kappa shape index (κ1) is 21.1. The van der Waals surface area contributed by atoms with Crippen LogP contribution in [-0.4, -0.2) is 8.42 Å². The van der Waals surface area contributed by atoms with Gasteiger partial charge in [-0.2, -0.15) is 0 Å². The highest BCUT2D eigenvalue weighted by Crippen LogP contribution is 2.50. The maximum Gasteiger partial charge on any atom is 0.261 e. The number of fused-ring (bicyclic) bond motifs is 3. The lowest BCUT2D eigenvalue weighted by Crippen LogP contribution is -2.29. The fourth-order valence-corrected chi connectivity index (χ4v) is 6.27. The molecule has 0 saturated heterocycles. The van der Waals surface area contributed by atoms with Gasteiger partial charge in [-0.25, -0.2) is 8.42 Å². The standard InChI is InChI=1S/C26H25ClN2O2S/c1-16-5-3-6-18(13-16)26-22-8-4-7-21(22)23-15-20(10-12-25(23)28-26)32(30,31)29-24-11-9-19(27)14-17(24)2/h3-7,9-15,21-22,26,28-29H,8H2,1-2H3/t21-,22+,26+/m0/s1. The fourth-order valence-electron chi connectivity index (χ4n) is 4.88. The summed E-state index contributed by atoms with van der Waals surface area (Å²) in [6.45, 7) is 3.94. The zero-order valence-electron chi connectivity index (χ0n) is 18.0. The number of anilines is 2. The van der Waals surface area contributed by atoms with E-state index in [2.05, 4.69) is 53.4 Å². The molecule has 0 saturated carbocycles. The largest absolute Gasteiger partial charge is 0.378 e. The van der Waals surface area contributed by atoms with Crippen molar-refractivity contribution in [1.29, 1.82) is 0 Å². The zero-order chi connectivity index (χ0) is 22.5. The van der Waals surface area contributed by atoms with E-state index >= 15 is 0 Å². The van der Waals surface area contributed by atoms with Gasteiger partial charge in [0.1, 0.15) is 0 Å². The van der Waals surface area contributed by atoms with E-state index in [1.54, 1.807) is 24.3 Å². The van der Waals surface area contributed by atoms with Gasteiger partial charge < -0.3 is 5.32 Å². The fraction of sp³-hybridized carbons (Fsp3) is 0.231. The van der Waals surface area contributed by atoms with Crippen LogP contribution in [0.15, 0.2) is 77.7 Å². The Hall–Kier alpha value is -2.76. The average molecular weight is 465 g/mol. The first-order chi connectivity index (χ1) is 15.3. The van der Waals surface area contributed by atoms with E-state index in [9.17, 15) is 8.42 Å². The Morgan fingerprint density at radius 2 is 1.88 bits per heavy atom. The molecule has 2 N–H and O–H groups in total. The third-order valence-electron chi connectivity index (χ3n) is 6.48. The van der Waals surface area contributed by atoms with Gasteiger partial charge in [0.25, 0.3) is 10.0 Å². The molecule has 0 spiro atoms. The molecular weight excluding hydrogens is 440 g/mol. The lowest BCUT2D eigenvalue weighted by Gasteiger charge is -2.37. The highest BCUT2D eigenvalue weighted by Gasteiger charge is 2.38. The van der Waals surface area contributed by atoms with Gasteiger partial charge in [0.05, 0.1) is 16.6 Å². The lowest BCUT2D eigenvalue weighted by atomic mass is 9.77. The number of hydrogen-bond acceptors (Lipinski definition) is 3. The van der Waals surface area contributed by atoms with E-state index in [0.29, 0.717) is 16.6 Å². The predicted octanol–water partition coefficient (Wildman–Crippen LogP) is 6.58. The van der Waals surface area contributed by atoms with Gasteiger partial charge in [-0.15, -0.1) is 0 Å². The first-order valence-electron chi connectivity index (χ1n) is 10.7. The molecule has 3 aromatic rings. The summed E-state index contributed by atoms with van der Waals surface area (Å²) in [6, 6.07) is 19.3. The van der Waals surface area contributed by atoms with E-state index in [4.69, 9.17) is 11.6 Å². The maximum atomic E-state index is 13.2. The number of halogens is 1. The minimum absolute atomic E-state index is 0.184. The number of sulfonamides is 1. The smallest absolute Gasteiger partial charge is 0.261 e. The van der Waals surface area contributed by atoms with Gasteiger partial charge in [-0.05, 0) is 79.3 Å². The van der Waals surface area contributed by atoms with Crippen LogP contribution < -0.4 is 10.0 Å². The Labute approximate surface area is 194 Å². The molecular formula is C26H25ClN2O2S. The number of aryl methyl sites for hydroxylation is 2. The van der Waals surface area contributed by atoms with Crippen molar-refractivity contribution in [2.75, 3.05) is 10.0 Å². The van der Waals surface area contributed by atoms with Gasteiger partial charge in [0, 0.05) is 16.6 Å². The molecule has 0 fully saturated rings. The molecule has 0 bridgehead atoms. The van der Waals surface area contributed by atoms with E-state index in [1.165, 1.54) is 11.1 Å². The molecule has 0 amide bonds. The summed E-state index contributed by atoms with van der Waals surface area (Å²) in [5.74, 6) is 0.540. The van der Waals surface area contributed by atoms with Crippen LogP contribution in [0.4, 0.5) is 11.4 Å². The topological polar surface area (TPSA) is 58.2 Å². The molecule has 3 atom stereocenters. The third-order valence-corrected chi connectivity index (χ3v) is 8.08. The van der Waals surface area contributed by atoms with E-state index in [0.717, 1.165) is 23.2 Å². The highest BCUT2D eigenvalue weighted by molar-refractivity contribution is 7.92. The van der Waals surface area contributed by atoms with Crippen LogP contribution in [0.5, 0.6) is 0 Å². The Bertz CT molecular complexity index is 1330. The molecule has 0 aromatic heterocycles. The van der Waals surface area contributed by atoms with Crippen LogP contribution in [0, 0.1) is 19.8 Å². The summed E-state index contributed by atoms with van der Waals surface area (Å²) in [7, 11) is -3.73. The second kappa shape index (κ2) is 7.98. The highest BCUT2D eigenvalue weighted by atomic mass is 35.5. The van der Waals surface area contributed by atoms with Crippen molar-refractivity contribution in [3.05, 3.63) is 100 Å². The van der Waals surface area contributed by atoms with Gasteiger partial charge >= 0.3 is 0 Å². The Morgan fingerprint density at radius 3 is 2.66 bits per heavy atom. The molecule has 3 aromatic carbocycles. The van der Waals surface area contributed by atoms with E-state index in [1.807, 2.05) is 19.1 Å². The molecule has 4 nitrogen and oxygen atoms in total. The van der Waals surface area contributed by atoms with Crippen LogP contribution in [0.3, 0.4) is 0 Å². The minimum atomic E-state index is -3.73. The Kier molecular flexibility index (Phi) is 5.26. The molecule has 5 rings (SSSR count). The molecule has 1 aliphatic heterocycles. The third kappa shape index (κ3) is 3.80. The molecule has 6 heteroatoms. The van der Waals surface area contributed by atoms with Crippen LogP contribution in [-0.2, 0) is 10.0 Å². The predicted molar refractivity (Wildman–Crippen MR) is 131 cm³/mol. The van der Waals surface area contributed by atoms with Crippen molar-refractivity contribution < 1.29 is 8.42 Å². The van der Waals surface area contributed by atoms with Crippen molar-refractivity contribution in [1.82, 2.24) is 0 Å². The number of allylic oxidation sites excluding steroid dienone is 2. The van der Waals surface area contributed by atoms with Crippen LogP contribution in [0.2, 0.25) is 5.02 Å². The zero-order valence-corrected chi connectivity index (χ0v) is 19.5. The van der Waals surface area contributed by atoms with Crippen LogP contribution in [0.1, 0.15) is 40.6 Å². The first-order valence-corrected chi connectivity index (χ1v) is 12.6. The van der Waals surface area contributed by atoms with E-state index < -0.39 is 10.0 Å². The number of rotatable bonds is 4. The van der Waals surface area contributed by atoms with E-state index in [-0.39, 0.29) is 16.9 Å². The summed E-state index contributed by atoms with van der Waals surface area (Å²) in [4.78, 5) is 0.264. The summed E-state index contributed by atoms with van der Waals surface area (Å²) in [5, 5.41) is 4.26. The second-order valence-corrected chi connectivity index (χ2v) is 10.8. The second-order valence-electron chi connectivity index (χ2n) is 8.70. The Morgan fingerprint density at radius 1 is 1.03 bits per heavy atom. The van der Waals surface area contributed by atoms with Crippen molar-refractivity contribution in [3.8, 4) is 0 Å². The van der Waals surface area contributed by atoms with Gasteiger partial charge in [0.2, 0.25) is 0 Å². The molecule has 0 unspecified atom stereocenters. The minimum Gasteiger partial charge on any atom is -0.378 e. The SMILES string of the molecule is Cc1cccc([C@H]2Nc3ccc(S(=O)(=O)Nc4ccc(Cl)cc4C)cc3[C@H]3C=CC[C@H]32)c1. The Balaban J connectivity index is 1.49. The molecule has 1 heterocycles. The maximum absolute atomic E-state index is 13.2.